The number of nitrogens with one attached hydrogen (secondary N) is 2. The minimum Gasteiger partial charge on any atom is -0.324 e. The number of nitrogens with zero attached hydrogens (tertiary/aromatic N) is 2. The van der Waals surface area contributed by atoms with Crippen molar-refractivity contribution >= 4 is 34.9 Å². The van der Waals surface area contributed by atoms with Crippen LogP contribution >= 0.6 is 11.6 Å². The fraction of sp³-hybridized carbons (Fsp3) is 0.105. The number of carbonyl (C=O) groups is 2. The summed E-state index contributed by atoms with van der Waals surface area (Å²) < 4.78 is 1.56. The SMILES string of the molecule is O=C1C[C@@H](C(=O)Nc2ccc(Cl)cc2)n2ncc(-c3ccccc3)c2N1. The summed E-state index contributed by atoms with van der Waals surface area (Å²) in [4.78, 5) is 24.9. The van der Waals surface area contributed by atoms with E-state index >= 15 is 0 Å². The molecule has 1 aliphatic heterocycles. The monoisotopic (exact) mass is 366 g/mol. The minimum absolute atomic E-state index is 0.0301. The smallest absolute Gasteiger partial charge is 0.249 e. The lowest BCUT2D eigenvalue weighted by atomic mass is 10.1. The Morgan fingerprint density at radius 3 is 2.62 bits per heavy atom. The summed E-state index contributed by atoms with van der Waals surface area (Å²) in [5.41, 5.74) is 2.32. The maximum absolute atomic E-state index is 12.7. The van der Waals surface area contributed by atoms with Gasteiger partial charge in [0.2, 0.25) is 11.8 Å². The maximum atomic E-state index is 12.7. The molecule has 26 heavy (non-hydrogen) atoms. The zero-order valence-corrected chi connectivity index (χ0v) is 14.4. The lowest BCUT2D eigenvalue weighted by molar-refractivity contribution is -0.125. The van der Waals surface area contributed by atoms with Crippen LogP contribution in [0.4, 0.5) is 11.5 Å². The van der Waals surface area contributed by atoms with Crippen LogP contribution in [-0.2, 0) is 9.59 Å². The standard InChI is InChI=1S/C19H15ClN4O2/c20-13-6-8-14(9-7-13)22-19(26)16-10-17(25)23-18-15(11-21-24(16)18)12-4-2-1-3-5-12/h1-9,11,16H,10H2,(H,22,26)(H,23,25)/t16-/m0/s1. The van der Waals surface area contributed by atoms with Crippen molar-refractivity contribution in [1.82, 2.24) is 9.78 Å². The normalized spacial score (nSPS) is 15.9. The Morgan fingerprint density at radius 1 is 1.15 bits per heavy atom. The van der Waals surface area contributed by atoms with E-state index in [-0.39, 0.29) is 18.2 Å². The zero-order valence-electron chi connectivity index (χ0n) is 13.6. The third-order valence-corrected chi connectivity index (χ3v) is 4.48. The van der Waals surface area contributed by atoms with Crippen molar-refractivity contribution in [2.75, 3.05) is 10.6 Å². The highest BCUT2D eigenvalue weighted by molar-refractivity contribution is 6.30. The first-order valence-electron chi connectivity index (χ1n) is 8.11. The molecule has 0 unspecified atom stereocenters. The van der Waals surface area contributed by atoms with Gasteiger partial charge in [0.1, 0.15) is 11.9 Å². The van der Waals surface area contributed by atoms with Gasteiger partial charge in [0.15, 0.2) is 0 Å². The fourth-order valence-electron chi connectivity index (χ4n) is 2.96. The summed E-state index contributed by atoms with van der Waals surface area (Å²) in [6.45, 7) is 0. The van der Waals surface area contributed by atoms with Gasteiger partial charge in [-0.25, -0.2) is 4.68 Å². The Bertz CT molecular complexity index is 967. The molecule has 0 spiro atoms. The van der Waals surface area contributed by atoms with Gasteiger partial charge in [-0.3, -0.25) is 9.59 Å². The number of hydrogen-bond acceptors (Lipinski definition) is 3. The lowest BCUT2D eigenvalue weighted by Gasteiger charge is -2.24. The molecule has 1 atom stereocenters. The molecule has 1 aromatic heterocycles. The molecule has 4 rings (SSSR count). The molecular formula is C19H15ClN4O2. The molecule has 2 N–H and O–H groups in total. The first-order valence-corrected chi connectivity index (χ1v) is 8.49. The van der Waals surface area contributed by atoms with E-state index in [0.717, 1.165) is 11.1 Å². The van der Waals surface area contributed by atoms with Gasteiger partial charge in [0, 0.05) is 16.3 Å². The molecular weight excluding hydrogens is 352 g/mol. The number of benzene rings is 2. The third kappa shape index (κ3) is 3.07. The number of carbonyl (C=O) groups excluding carboxylic acids is 2. The predicted molar refractivity (Wildman–Crippen MR) is 100 cm³/mol. The Hall–Kier alpha value is -3.12. The van der Waals surface area contributed by atoms with E-state index in [1.807, 2.05) is 30.3 Å². The number of halogens is 1. The Labute approximate surface area is 154 Å². The molecule has 0 bridgehead atoms. The Balaban J connectivity index is 1.65. The summed E-state index contributed by atoms with van der Waals surface area (Å²) >= 11 is 5.86. The van der Waals surface area contributed by atoms with Gasteiger partial charge in [0.25, 0.3) is 0 Å². The lowest BCUT2D eigenvalue weighted by Crippen LogP contribution is -2.35. The molecule has 2 aromatic carbocycles. The van der Waals surface area contributed by atoms with Gasteiger partial charge in [-0.2, -0.15) is 5.10 Å². The summed E-state index contributed by atoms with van der Waals surface area (Å²) in [6, 6.07) is 15.7. The molecule has 0 saturated carbocycles. The first-order chi connectivity index (χ1) is 12.6. The molecule has 2 heterocycles. The largest absolute Gasteiger partial charge is 0.324 e. The van der Waals surface area contributed by atoms with Gasteiger partial charge in [-0.05, 0) is 29.8 Å². The van der Waals surface area contributed by atoms with E-state index in [4.69, 9.17) is 11.6 Å². The van der Waals surface area contributed by atoms with Crippen LogP contribution in [0.5, 0.6) is 0 Å². The zero-order chi connectivity index (χ0) is 18.1. The summed E-state index contributed by atoms with van der Waals surface area (Å²) in [5, 5.41) is 10.6. The summed E-state index contributed by atoms with van der Waals surface area (Å²) in [5.74, 6) is 0.0151. The quantitative estimate of drug-likeness (QED) is 0.741. The minimum atomic E-state index is -0.716. The molecule has 1 aliphatic rings. The van der Waals surface area contributed by atoms with Crippen LogP contribution in [0.1, 0.15) is 12.5 Å². The second kappa shape index (κ2) is 6.65. The number of fused-ring (bicyclic) bond motifs is 1. The molecule has 6 nitrogen and oxygen atoms in total. The van der Waals surface area contributed by atoms with Crippen molar-refractivity contribution in [2.24, 2.45) is 0 Å². The third-order valence-electron chi connectivity index (χ3n) is 4.23. The number of anilines is 2. The number of amides is 2. The van der Waals surface area contributed by atoms with Crippen LogP contribution in [0.15, 0.2) is 60.8 Å². The van der Waals surface area contributed by atoms with Crippen molar-refractivity contribution < 1.29 is 9.59 Å². The highest BCUT2D eigenvalue weighted by Crippen LogP contribution is 2.34. The average Bonchev–Trinajstić information content (AvgIpc) is 3.07. The van der Waals surface area contributed by atoms with E-state index in [1.54, 1.807) is 35.1 Å². The van der Waals surface area contributed by atoms with Crippen molar-refractivity contribution in [3.8, 4) is 11.1 Å². The van der Waals surface area contributed by atoms with Gasteiger partial charge in [-0.1, -0.05) is 41.9 Å². The van der Waals surface area contributed by atoms with E-state index in [2.05, 4.69) is 15.7 Å². The molecule has 0 radical (unpaired) electrons. The van der Waals surface area contributed by atoms with Crippen LogP contribution in [0.25, 0.3) is 11.1 Å². The van der Waals surface area contributed by atoms with Crippen molar-refractivity contribution in [1.29, 1.82) is 0 Å². The molecule has 0 saturated heterocycles. The summed E-state index contributed by atoms with van der Waals surface area (Å²) in [6.07, 6.45) is 1.70. The van der Waals surface area contributed by atoms with E-state index < -0.39 is 6.04 Å². The molecule has 130 valence electrons. The highest BCUT2D eigenvalue weighted by atomic mass is 35.5. The summed E-state index contributed by atoms with van der Waals surface area (Å²) in [7, 11) is 0. The van der Waals surface area contributed by atoms with Gasteiger partial charge in [0.05, 0.1) is 12.6 Å². The highest BCUT2D eigenvalue weighted by Gasteiger charge is 2.33. The second-order valence-electron chi connectivity index (χ2n) is 5.98. The number of aromatic nitrogens is 2. The number of rotatable bonds is 3. The number of hydrogen-bond donors (Lipinski definition) is 2. The Kier molecular flexibility index (Phi) is 4.18. The van der Waals surface area contributed by atoms with Crippen molar-refractivity contribution in [2.45, 2.75) is 12.5 Å². The average molecular weight is 367 g/mol. The second-order valence-corrected chi connectivity index (χ2v) is 6.42. The van der Waals surface area contributed by atoms with E-state index in [1.165, 1.54) is 0 Å². The van der Waals surface area contributed by atoms with Crippen LogP contribution in [0.3, 0.4) is 0 Å². The van der Waals surface area contributed by atoms with Gasteiger partial charge < -0.3 is 10.6 Å². The molecule has 2 amide bonds. The van der Waals surface area contributed by atoms with Crippen LogP contribution in [0.2, 0.25) is 5.02 Å². The van der Waals surface area contributed by atoms with Gasteiger partial charge >= 0.3 is 0 Å². The van der Waals surface area contributed by atoms with Crippen LogP contribution in [0, 0.1) is 0 Å². The Morgan fingerprint density at radius 2 is 1.88 bits per heavy atom. The van der Waals surface area contributed by atoms with Crippen LogP contribution < -0.4 is 10.6 Å². The fourth-order valence-corrected chi connectivity index (χ4v) is 3.09. The predicted octanol–water partition coefficient (Wildman–Crippen LogP) is 3.73. The molecule has 0 aliphatic carbocycles. The topological polar surface area (TPSA) is 76.0 Å². The first kappa shape index (κ1) is 16.4. The van der Waals surface area contributed by atoms with Crippen molar-refractivity contribution in [3.63, 3.8) is 0 Å². The van der Waals surface area contributed by atoms with Crippen LogP contribution in [-0.4, -0.2) is 21.6 Å². The van der Waals surface area contributed by atoms with Gasteiger partial charge in [-0.15, -0.1) is 0 Å². The van der Waals surface area contributed by atoms with E-state index in [0.29, 0.717) is 16.5 Å². The maximum Gasteiger partial charge on any atom is 0.249 e. The molecule has 0 fully saturated rings. The molecule has 3 aromatic rings. The van der Waals surface area contributed by atoms with Crippen molar-refractivity contribution in [3.05, 3.63) is 65.8 Å². The molecule has 7 heteroatoms. The van der Waals surface area contributed by atoms with E-state index in [9.17, 15) is 9.59 Å².